The molecule has 2 rings (SSSR count). The summed E-state index contributed by atoms with van der Waals surface area (Å²) in [7, 11) is 0. The van der Waals surface area contributed by atoms with Crippen LogP contribution in [0.25, 0.3) is 0 Å². The zero-order chi connectivity index (χ0) is 14.5. The second-order valence-electron chi connectivity index (χ2n) is 4.97. The van der Waals surface area contributed by atoms with Crippen LogP contribution in [0.1, 0.15) is 41.7 Å². The summed E-state index contributed by atoms with van der Waals surface area (Å²) in [5.41, 5.74) is 0.0647. The monoisotopic (exact) mass is 297 g/mol. The predicted molar refractivity (Wildman–Crippen MR) is 76.1 cm³/mol. The molecule has 1 aliphatic carbocycles. The molecule has 2 amide bonds. The van der Waals surface area contributed by atoms with Gasteiger partial charge in [-0.2, -0.15) is 0 Å². The highest BCUT2D eigenvalue weighted by molar-refractivity contribution is 7.09. The van der Waals surface area contributed by atoms with Crippen molar-refractivity contribution >= 4 is 23.3 Å². The molecular weight excluding hydrogens is 278 g/mol. The number of urea groups is 1. The van der Waals surface area contributed by atoms with Crippen LogP contribution in [0, 0.1) is 5.92 Å². The van der Waals surface area contributed by atoms with Crippen molar-refractivity contribution in [1.29, 1.82) is 0 Å². The Morgan fingerprint density at radius 3 is 3.00 bits per heavy atom. The standard InChI is InChI=1S/C13H19N3O3S/c1-2-3-8-6-9(8)16-13(19)14-5-4-11-15-10(7-20-11)12(17)18/h7-9H,2-6H2,1H3,(H,17,18)(H2,14,16,19). The molecule has 0 bridgehead atoms. The second kappa shape index (κ2) is 6.69. The van der Waals surface area contributed by atoms with E-state index < -0.39 is 5.97 Å². The molecule has 2 atom stereocenters. The van der Waals surface area contributed by atoms with Gasteiger partial charge >= 0.3 is 12.0 Å². The number of carbonyl (C=O) groups excluding carboxylic acids is 1. The lowest BCUT2D eigenvalue weighted by atomic mass is 10.2. The van der Waals surface area contributed by atoms with Gasteiger partial charge < -0.3 is 15.7 Å². The maximum Gasteiger partial charge on any atom is 0.355 e. The fraction of sp³-hybridized carbons (Fsp3) is 0.615. The first kappa shape index (κ1) is 14.8. The summed E-state index contributed by atoms with van der Waals surface area (Å²) in [5, 5.41) is 16.7. The zero-order valence-corrected chi connectivity index (χ0v) is 12.2. The number of aromatic carboxylic acids is 1. The lowest BCUT2D eigenvalue weighted by Gasteiger charge is -2.06. The van der Waals surface area contributed by atoms with Crippen molar-refractivity contribution in [2.24, 2.45) is 5.92 Å². The minimum atomic E-state index is -1.02. The number of hydrogen-bond acceptors (Lipinski definition) is 4. The maximum atomic E-state index is 11.6. The van der Waals surface area contributed by atoms with Gasteiger partial charge in [-0.05, 0) is 18.8 Å². The minimum Gasteiger partial charge on any atom is -0.476 e. The second-order valence-corrected chi connectivity index (χ2v) is 5.92. The Hall–Kier alpha value is -1.63. The van der Waals surface area contributed by atoms with Gasteiger partial charge in [-0.25, -0.2) is 14.6 Å². The number of nitrogens with zero attached hydrogens (tertiary/aromatic N) is 1. The van der Waals surface area contributed by atoms with Crippen molar-refractivity contribution in [3.63, 3.8) is 0 Å². The Kier molecular flexibility index (Phi) is 4.94. The number of rotatable bonds is 7. The smallest absolute Gasteiger partial charge is 0.355 e. The summed E-state index contributed by atoms with van der Waals surface area (Å²) in [5.74, 6) is -0.378. The summed E-state index contributed by atoms with van der Waals surface area (Å²) in [4.78, 5) is 26.3. The van der Waals surface area contributed by atoms with Gasteiger partial charge in [0.25, 0.3) is 0 Å². The Labute approximate surface area is 121 Å². The molecule has 1 fully saturated rings. The Balaban J connectivity index is 1.63. The first-order valence-electron chi connectivity index (χ1n) is 6.82. The summed E-state index contributed by atoms with van der Waals surface area (Å²) in [6.45, 7) is 2.61. The highest BCUT2D eigenvalue weighted by Crippen LogP contribution is 2.34. The number of nitrogens with one attached hydrogen (secondary N) is 2. The topological polar surface area (TPSA) is 91.3 Å². The first-order chi connectivity index (χ1) is 9.60. The van der Waals surface area contributed by atoms with E-state index in [9.17, 15) is 9.59 Å². The molecular formula is C13H19N3O3S. The van der Waals surface area contributed by atoms with Crippen LogP contribution in [0.15, 0.2) is 5.38 Å². The maximum absolute atomic E-state index is 11.6. The fourth-order valence-electron chi connectivity index (χ4n) is 2.14. The zero-order valence-electron chi connectivity index (χ0n) is 11.4. The summed E-state index contributed by atoms with van der Waals surface area (Å²) in [6.07, 6.45) is 3.95. The average molecular weight is 297 g/mol. The van der Waals surface area contributed by atoms with Crippen molar-refractivity contribution in [2.45, 2.75) is 38.6 Å². The first-order valence-corrected chi connectivity index (χ1v) is 7.70. The molecule has 110 valence electrons. The van der Waals surface area contributed by atoms with Crippen molar-refractivity contribution in [3.05, 3.63) is 16.1 Å². The van der Waals surface area contributed by atoms with E-state index in [4.69, 9.17) is 5.11 Å². The van der Waals surface area contributed by atoms with E-state index in [0.717, 1.165) is 17.8 Å². The van der Waals surface area contributed by atoms with Gasteiger partial charge in [-0.1, -0.05) is 13.3 Å². The summed E-state index contributed by atoms with van der Waals surface area (Å²) < 4.78 is 0. The van der Waals surface area contributed by atoms with Gasteiger partial charge in [0, 0.05) is 24.4 Å². The van der Waals surface area contributed by atoms with E-state index in [-0.39, 0.29) is 11.7 Å². The number of carboxylic acids is 1. The average Bonchev–Trinajstić information content (AvgIpc) is 2.93. The fourth-order valence-corrected chi connectivity index (χ4v) is 2.91. The molecule has 0 aliphatic heterocycles. The molecule has 3 N–H and O–H groups in total. The van der Waals surface area contributed by atoms with Crippen LogP contribution in [0.4, 0.5) is 4.79 Å². The van der Waals surface area contributed by atoms with Crippen LogP contribution in [-0.4, -0.2) is 34.7 Å². The molecule has 2 unspecified atom stereocenters. The van der Waals surface area contributed by atoms with E-state index in [2.05, 4.69) is 22.5 Å². The van der Waals surface area contributed by atoms with Crippen LogP contribution < -0.4 is 10.6 Å². The number of amides is 2. The molecule has 0 saturated heterocycles. The summed E-state index contributed by atoms with van der Waals surface area (Å²) in [6, 6.07) is 0.178. The van der Waals surface area contributed by atoms with Gasteiger partial charge in [0.2, 0.25) is 0 Å². The van der Waals surface area contributed by atoms with Gasteiger partial charge in [0.05, 0.1) is 5.01 Å². The number of carboxylic acid groups (broad SMARTS) is 1. The number of thiazole rings is 1. The molecule has 7 heteroatoms. The van der Waals surface area contributed by atoms with Gasteiger partial charge in [0.15, 0.2) is 5.69 Å². The molecule has 6 nitrogen and oxygen atoms in total. The number of carbonyl (C=O) groups is 2. The molecule has 1 aromatic heterocycles. The molecule has 1 aliphatic rings. The lowest BCUT2D eigenvalue weighted by molar-refractivity contribution is 0.0691. The number of hydrogen-bond donors (Lipinski definition) is 3. The van der Waals surface area contributed by atoms with Crippen molar-refractivity contribution in [1.82, 2.24) is 15.6 Å². The van der Waals surface area contributed by atoms with E-state index in [0.29, 0.717) is 24.9 Å². The quantitative estimate of drug-likeness (QED) is 0.716. The van der Waals surface area contributed by atoms with E-state index in [1.54, 1.807) is 0 Å². The molecule has 20 heavy (non-hydrogen) atoms. The molecule has 0 spiro atoms. The minimum absolute atomic E-state index is 0.0647. The highest BCUT2D eigenvalue weighted by Gasteiger charge is 2.36. The van der Waals surface area contributed by atoms with Crippen LogP contribution >= 0.6 is 11.3 Å². The Morgan fingerprint density at radius 1 is 1.55 bits per heavy atom. The van der Waals surface area contributed by atoms with Gasteiger partial charge in [-0.15, -0.1) is 11.3 Å². The third-order valence-corrected chi connectivity index (χ3v) is 4.20. The molecule has 1 heterocycles. The molecule has 0 radical (unpaired) electrons. The Morgan fingerprint density at radius 2 is 2.35 bits per heavy atom. The van der Waals surface area contributed by atoms with Gasteiger partial charge in [0.1, 0.15) is 0 Å². The van der Waals surface area contributed by atoms with Crippen molar-refractivity contribution in [2.75, 3.05) is 6.54 Å². The molecule has 1 aromatic rings. The third kappa shape index (κ3) is 4.19. The molecule has 1 saturated carbocycles. The van der Waals surface area contributed by atoms with E-state index in [1.165, 1.54) is 23.1 Å². The SMILES string of the molecule is CCCC1CC1NC(=O)NCCc1nc(C(=O)O)cs1. The third-order valence-electron chi connectivity index (χ3n) is 3.29. The van der Waals surface area contributed by atoms with E-state index in [1.807, 2.05) is 0 Å². The number of aromatic nitrogens is 1. The van der Waals surface area contributed by atoms with Crippen molar-refractivity contribution < 1.29 is 14.7 Å². The van der Waals surface area contributed by atoms with Crippen molar-refractivity contribution in [3.8, 4) is 0 Å². The van der Waals surface area contributed by atoms with E-state index >= 15 is 0 Å². The van der Waals surface area contributed by atoms with Crippen LogP contribution in [0.5, 0.6) is 0 Å². The highest BCUT2D eigenvalue weighted by atomic mass is 32.1. The van der Waals surface area contributed by atoms with Crippen LogP contribution in [0.3, 0.4) is 0 Å². The van der Waals surface area contributed by atoms with Crippen LogP contribution in [-0.2, 0) is 6.42 Å². The van der Waals surface area contributed by atoms with Crippen LogP contribution in [0.2, 0.25) is 0 Å². The lowest BCUT2D eigenvalue weighted by Crippen LogP contribution is -2.38. The summed E-state index contributed by atoms with van der Waals surface area (Å²) >= 11 is 1.30. The normalized spacial score (nSPS) is 20.4. The predicted octanol–water partition coefficient (Wildman–Crippen LogP) is 1.87. The van der Waals surface area contributed by atoms with Gasteiger partial charge in [-0.3, -0.25) is 0 Å². The largest absolute Gasteiger partial charge is 0.476 e. The molecule has 0 aromatic carbocycles. The Bertz CT molecular complexity index is 489.